The lowest BCUT2D eigenvalue weighted by molar-refractivity contribution is 0.0632. The van der Waals surface area contributed by atoms with Crippen LogP contribution in [-0.4, -0.2) is 50.4 Å². The molecule has 1 N–H and O–H groups in total. The van der Waals surface area contributed by atoms with Crippen molar-refractivity contribution in [2.45, 2.75) is 44.8 Å². The lowest BCUT2D eigenvalue weighted by atomic mass is 10.1. The summed E-state index contributed by atoms with van der Waals surface area (Å²) in [7, 11) is 1.61. The third-order valence-electron chi connectivity index (χ3n) is 6.16. The molecule has 1 fully saturated rings. The van der Waals surface area contributed by atoms with Gasteiger partial charge in [-0.2, -0.15) is 0 Å². The summed E-state index contributed by atoms with van der Waals surface area (Å²) in [6.45, 7) is 2.38. The average molecular weight is 405 g/mol. The Morgan fingerprint density at radius 3 is 2.63 bits per heavy atom. The van der Waals surface area contributed by atoms with Gasteiger partial charge in [0.25, 0.3) is 11.8 Å². The Kier molecular flexibility index (Phi) is 4.42. The number of fused-ring (bicyclic) bond motifs is 3. The molecule has 4 heterocycles. The fourth-order valence-corrected chi connectivity index (χ4v) is 4.73. The monoisotopic (exact) mass is 405 g/mol. The van der Waals surface area contributed by atoms with Crippen LogP contribution in [0.4, 0.5) is 0 Å². The van der Waals surface area contributed by atoms with Gasteiger partial charge in [0.15, 0.2) is 6.39 Å². The zero-order valence-corrected chi connectivity index (χ0v) is 17.0. The molecule has 1 saturated heterocycles. The van der Waals surface area contributed by atoms with Gasteiger partial charge in [0.2, 0.25) is 5.76 Å². The summed E-state index contributed by atoms with van der Waals surface area (Å²) in [5.41, 5.74) is 2.87. The summed E-state index contributed by atoms with van der Waals surface area (Å²) < 4.78 is 7.51. The molecule has 1 aromatic carbocycles. The maximum absolute atomic E-state index is 13.3. The quantitative estimate of drug-likeness (QED) is 0.722. The zero-order chi connectivity index (χ0) is 20.8. The molecule has 2 atom stereocenters. The van der Waals surface area contributed by atoms with Crippen LogP contribution in [0, 0.1) is 6.92 Å². The summed E-state index contributed by atoms with van der Waals surface area (Å²) in [6.07, 6.45) is 3.69. The topological polar surface area (TPSA) is 93.3 Å². The maximum Gasteiger partial charge on any atom is 0.292 e. The van der Waals surface area contributed by atoms with E-state index in [-0.39, 0.29) is 23.9 Å². The van der Waals surface area contributed by atoms with E-state index in [0.717, 1.165) is 29.9 Å². The van der Waals surface area contributed by atoms with Crippen LogP contribution in [-0.2, 0) is 13.0 Å². The third kappa shape index (κ3) is 2.82. The number of benzene rings is 1. The van der Waals surface area contributed by atoms with Crippen LogP contribution in [0.25, 0.3) is 11.4 Å². The van der Waals surface area contributed by atoms with Crippen LogP contribution < -0.4 is 5.32 Å². The standard InChI is InChI=1S/C22H23N5O3/c1-13-19(30-12-24-13)22(29)27-15-8-9-16(27)11-26-17(10-15)18(21(28)23-2)25-20(26)14-6-4-3-5-7-14/h3-7,12,15-16H,8-11H2,1-2H3,(H,23,28)/t15-,16+/m0/s1. The SMILES string of the molecule is CNC(=O)c1nc(-c2ccccc2)n2c1C[C@@H]1CC[C@H](C2)N1C(=O)c1ocnc1C. The summed E-state index contributed by atoms with van der Waals surface area (Å²) in [5.74, 6) is 0.730. The van der Waals surface area contributed by atoms with Gasteiger partial charge in [-0.3, -0.25) is 9.59 Å². The number of carbonyl (C=O) groups excluding carboxylic acids is 2. The predicted octanol–water partition coefficient (Wildman–Crippen LogP) is 2.44. The van der Waals surface area contributed by atoms with E-state index >= 15 is 0 Å². The van der Waals surface area contributed by atoms with Gasteiger partial charge in [-0.15, -0.1) is 0 Å². The van der Waals surface area contributed by atoms with E-state index in [2.05, 4.69) is 14.9 Å². The van der Waals surface area contributed by atoms with Gasteiger partial charge < -0.3 is 19.2 Å². The number of rotatable bonds is 3. The lowest BCUT2D eigenvalue weighted by Gasteiger charge is -2.27. The van der Waals surface area contributed by atoms with Crippen LogP contribution in [0.3, 0.4) is 0 Å². The van der Waals surface area contributed by atoms with Crippen molar-refractivity contribution in [3.05, 3.63) is 59.6 Å². The first kappa shape index (κ1) is 18.6. The van der Waals surface area contributed by atoms with Crippen LogP contribution in [0.15, 0.2) is 41.1 Å². The van der Waals surface area contributed by atoms with Crippen molar-refractivity contribution in [3.8, 4) is 11.4 Å². The zero-order valence-electron chi connectivity index (χ0n) is 17.0. The summed E-state index contributed by atoms with van der Waals surface area (Å²) in [6, 6.07) is 9.88. The first-order valence-electron chi connectivity index (χ1n) is 10.2. The molecule has 8 nitrogen and oxygen atoms in total. The van der Waals surface area contributed by atoms with Crippen LogP contribution >= 0.6 is 0 Å². The van der Waals surface area contributed by atoms with Gasteiger partial charge in [-0.1, -0.05) is 30.3 Å². The highest BCUT2D eigenvalue weighted by Crippen LogP contribution is 2.36. The highest BCUT2D eigenvalue weighted by Gasteiger charge is 2.43. The molecule has 0 radical (unpaired) electrons. The largest absolute Gasteiger partial charge is 0.438 e. The van der Waals surface area contributed by atoms with Crippen molar-refractivity contribution in [1.29, 1.82) is 0 Å². The molecule has 3 aromatic rings. The molecule has 2 aliphatic rings. The number of aromatic nitrogens is 3. The highest BCUT2D eigenvalue weighted by atomic mass is 16.3. The second-order valence-electron chi connectivity index (χ2n) is 7.85. The van der Waals surface area contributed by atoms with E-state index in [0.29, 0.717) is 30.1 Å². The molecule has 0 spiro atoms. The van der Waals surface area contributed by atoms with Crippen molar-refractivity contribution in [2.24, 2.45) is 0 Å². The van der Waals surface area contributed by atoms with E-state index in [1.165, 1.54) is 6.39 Å². The molecule has 2 aromatic heterocycles. The number of nitrogens with one attached hydrogen (secondary N) is 1. The van der Waals surface area contributed by atoms with Crippen molar-refractivity contribution < 1.29 is 14.0 Å². The van der Waals surface area contributed by atoms with E-state index in [9.17, 15) is 9.59 Å². The highest BCUT2D eigenvalue weighted by molar-refractivity contribution is 5.95. The minimum absolute atomic E-state index is 0.00280. The average Bonchev–Trinajstić information content (AvgIpc) is 3.42. The number of aryl methyl sites for hydroxylation is 1. The molecule has 0 saturated carbocycles. The van der Waals surface area contributed by atoms with Gasteiger partial charge >= 0.3 is 0 Å². The fraction of sp³-hybridized carbons (Fsp3) is 0.364. The first-order valence-corrected chi connectivity index (χ1v) is 10.2. The normalized spacial score (nSPS) is 20.0. The minimum Gasteiger partial charge on any atom is -0.438 e. The second kappa shape index (κ2) is 7.12. The summed E-state index contributed by atoms with van der Waals surface area (Å²) >= 11 is 0. The maximum atomic E-state index is 13.3. The molecule has 0 aliphatic carbocycles. The van der Waals surface area contributed by atoms with Gasteiger partial charge in [0.1, 0.15) is 11.5 Å². The Bertz CT molecular complexity index is 1120. The minimum atomic E-state index is -0.206. The van der Waals surface area contributed by atoms with Crippen molar-refractivity contribution >= 4 is 11.8 Å². The Labute approximate surface area is 173 Å². The fourth-order valence-electron chi connectivity index (χ4n) is 4.73. The molecule has 8 heteroatoms. The molecule has 5 rings (SSSR count). The molecule has 0 unspecified atom stereocenters. The number of nitrogens with zero attached hydrogens (tertiary/aromatic N) is 4. The molecule has 2 amide bonds. The second-order valence-corrected chi connectivity index (χ2v) is 7.85. The Balaban J connectivity index is 1.59. The van der Waals surface area contributed by atoms with Crippen LogP contribution in [0.2, 0.25) is 0 Å². The molecule has 154 valence electrons. The number of carbonyl (C=O) groups is 2. The van der Waals surface area contributed by atoms with E-state index in [4.69, 9.17) is 9.40 Å². The molecule has 30 heavy (non-hydrogen) atoms. The number of imidazole rings is 1. The van der Waals surface area contributed by atoms with Crippen molar-refractivity contribution in [2.75, 3.05) is 7.05 Å². The Hall–Kier alpha value is -3.42. The molecular weight excluding hydrogens is 382 g/mol. The van der Waals surface area contributed by atoms with Crippen LogP contribution in [0.5, 0.6) is 0 Å². The first-order chi connectivity index (χ1) is 14.6. The number of hydrogen-bond donors (Lipinski definition) is 1. The molecule has 2 aliphatic heterocycles. The summed E-state index contributed by atoms with van der Waals surface area (Å²) in [5, 5.41) is 2.71. The lowest BCUT2D eigenvalue weighted by Crippen LogP contribution is -2.42. The van der Waals surface area contributed by atoms with Gasteiger partial charge in [-0.25, -0.2) is 9.97 Å². The van der Waals surface area contributed by atoms with E-state index in [1.807, 2.05) is 35.2 Å². The Morgan fingerprint density at radius 2 is 1.93 bits per heavy atom. The predicted molar refractivity (Wildman–Crippen MR) is 109 cm³/mol. The summed E-state index contributed by atoms with van der Waals surface area (Å²) in [4.78, 5) is 36.6. The smallest absolute Gasteiger partial charge is 0.292 e. The van der Waals surface area contributed by atoms with Gasteiger partial charge in [0, 0.05) is 31.6 Å². The Morgan fingerprint density at radius 1 is 1.17 bits per heavy atom. The number of amides is 2. The van der Waals surface area contributed by atoms with E-state index < -0.39 is 0 Å². The van der Waals surface area contributed by atoms with Gasteiger partial charge in [-0.05, 0) is 19.8 Å². The molecule has 2 bridgehead atoms. The van der Waals surface area contributed by atoms with Crippen LogP contribution in [0.1, 0.15) is 45.3 Å². The van der Waals surface area contributed by atoms with Crippen molar-refractivity contribution in [3.63, 3.8) is 0 Å². The number of hydrogen-bond acceptors (Lipinski definition) is 5. The number of oxazole rings is 1. The van der Waals surface area contributed by atoms with Gasteiger partial charge in [0.05, 0.1) is 17.4 Å². The molecular formula is C22H23N5O3. The third-order valence-corrected chi connectivity index (χ3v) is 6.16. The van der Waals surface area contributed by atoms with Crippen molar-refractivity contribution in [1.82, 2.24) is 24.8 Å². The van der Waals surface area contributed by atoms with E-state index in [1.54, 1.807) is 14.0 Å².